The van der Waals surface area contributed by atoms with E-state index in [0.29, 0.717) is 11.3 Å². The van der Waals surface area contributed by atoms with Gasteiger partial charge in [-0.15, -0.1) is 0 Å². The molecule has 33 heavy (non-hydrogen) atoms. The summed E-state index contributed by atoms with van der Waals surface area (Å²) in [4.78, 5) is 28.2. The summed E-state index contributed by atoms with van der Waals surface area (Å²) in [5.74, 6) is -0.405. The first-order chi connectivity index (χ1) is 16.1. The van der Waals surface area contributed by atoms with Gasteiger partial charge in [0.05, 0.1) is 6.04 Å². The van der Waals surface area contributed by atoms with E-state index in [2.05, 4.69) is 21.2 Å². The fourth-order valence-corrected chi connectivity index (χ4v) is 4.64. The molecular weight excluding hydrogens is 476 g/mol. The molecule has 4 aromatic rings. The number of benzene rings is 4. The highest BCUT2D eigenvalue weighted by atomic mass is 79.9. The Morgan fingerprint density at radius 3 is 2.15 bits per heavy atom. The van der Waals surface area contributed by atoms with Crippen LogP contribution < -0.4 is 5.32 Å². The average molecular weight is 497 g/mol. The first kappa shape index (κ1) is 21.2. The maximum absolute atomic E-state index is 13.8. The standard InChI is InChI=1S/C28H21BrN2O2/c29-23-15-16-25-24(17-23)27(21-9-5-2-6-10-21)31(18-26(32)30-25)28(33)22-13-11-20(12-14-22)19-7-3-1-4-8-19/h1-17,27H,18H2,(H,30,32)/t27-/m0/s1. The van der Waals surface area contributed by atoms with Gasteiger partial charge in [-0.3, -0.25) is 9.59 Å². The molecule has 1 heterocycles. The summed E-state index contributed by atoms with van der Waals surface area (Å²) < 4.78 is 0.887. The number of carbonyl (C=O) groups excluding carboxylic acids is 2. The molecule has 4 aromatic carbocycles. The number of nitrogens with zero attached hydrogens (tertiary/aromatic N) is 1. The Morgan fingerprint density at radius 1 is 0.818 bits per heavy atom. The molecule has 1 aliphatic heterocycles. The maximum atomic E-state index is 13.8. The van der Waals surface area contributed by atoms with Gasteiger partial charge < -0.3 is 10.2 Å². The topological polar surface area (TPSA) is 49.4 Å². The molecule has 1 atom stereocenters. The van der Waals surface area contributed by atoms with Gasteiger partial charge in [0.25, 0.3) is 5.91 Å². The summed E-state index contributed by atoms with van der Waals surface area (Å²) in [5.41, 5.74) is 5.20. The van der Waals surface area contributed by atoms with Gasteiger partial charge in [-0.05, 0) is 47.0 Å². The summed E-state index contributed by atoms with van der Waals surface area (Å²) in [6.45, 7) is -0.0366. The van der Waals surface area contributed by atoms with Crippen LogP contribution in [0.2, 0.25) is 0 Å². The van der Waals surface area contributed by atoms with Gasteiger partial charge in [0.2, 0.25) is 5.91 Å². The predicted molar refractivity (Wildman–Crippen MR) is 134 cm³/mol. The third kappa shape index (κ3) is 4.32. The molecule has 0 unspecified atom stereocenters. The Bertz CT molecular complexity index is 1310. The van der Waals surface area contributed by atoms with Gasteiger partial charge in [0, 0.05) is 21.3 Å². The van der Waals surface area contributed by atoms with Crippen LogP contribution in [0.5, 0.6) is 0 Å². The molecule has 5 heteroatoms. The molecule has 2 amide bonds. The Balaban J connectivity index is 1.57. The predicted octanol–water partition coefficient (Wildman–Crippen LogP) is 6.30. The fourth-order valence-electron chi connectivity index (χ4n) is 4.26. The lowest BCUT2D eigenvalue weighted by molar-refractivity contribution is -0.117. The highest BCUT2D eigenvalue weighted by Crippen LogP contribution is 2.38. The van der Waals surface area contributed by atoms with Crippen molar-refractivity contribution in [2.45, 2.75) is 6.04 Å². The normalized spacial score (nSPS) is 15.4. The van der Waals surface area contributed by atoms with E-state index in [4.69, 9.17) is 0 Å². The SMILES string of the molecule is O=C1CN(C(=O)c2ccc(-c3ccccc3)cc2)[C@@H](c2ccccc2)c2cc(Br)ccc2N1. The van der Waals surface area contributed by atoms with Gasteiger partial charge in [0.15, 0.2) is 0 Å². The number of halogens is 1. The molecule has 162 valence electrons. The molecule has 0 bridgehead atoms. The highest BCUT2D eigenvalue weighted by Gasteiger charge is 2.34. The zero-order valence-electron chi connectivity index (χ0n) is 17.7. The van der Waals surface area contributed by atoms with Crippen LogP contribution in [0.3, 0.4) is 0 Å². The van der Waals surface area contributed by atoms with Crippen molar-refractivity contribution in [1.29, 1.82) is 0 Å². The van der Waals surface area contributed by atoms with Crippen molar-refractivity contribution in [1.82, 2.24) is 4.90 Å². The van der Waals surface area contributed by atoms with E-state index in [1.807, 2.05) is 103 Å². The summed E-state index contributed by atoms with van der Waals surface area (Å²) in [6.07, 6.45) is 0. The minimum Gasteiger partial charge on any atom is -0.324 e. The van der Waals surface area contributed by atoms with E-state index >= 15 is 0 Å². The van der Waals surface area contributed by atoms with Gasteiger partial charge in [-0.25, -0.2) is 0 Å². The smallest absolute Gasteiger partial charge is 0.255 e. The van der Waals surface area contributed by atoms with Crippen molar-refractivity contribution in [3.05, 3.63) is 124 Å². The molecule has 0 saturated heterocycles. The molecule has 5 rings (SSSR count). The Hall–Kier alpha value is -3.70. The van der Waals surface area contributed by atoms with Gasteiger partial charge >= 0.3 is 0 Å². The molecule has 0 spiro atoms. The Labute approximate surface area is 201 Å². The second-order valence-electron chi connectivity index (χ2n) is 7.97. The van der Waals surface area contributed by atoms with E-state index in [0.717, 1.165) is 26.7 Å². The van der Waals surface area contributed by atoms with Gasteiger partial charge in [-0.1, -0.05) is 88.7 Å². The first-order valence-corrected chi connectivity index (χ1v) is 11.5. The van der Waals surface area contributed by atoms with Crippen LogP contribution in [-0.4, -0.2) is 23.3 Å². The second kappa shape index (κ2) is 9.04. The lowest BCUT2D eigenvalue weighted by Gasteiger charge is -2.31. The lowest BCUT2D eigenvalue weighted by Crippen LogP contribution is -2.39. The van der Waals surface area contributed by atoms with Crippen LogP contribution in [0, 0.1) is 0 Å². The minimum absolute atomic E-state index is 0.0366. The second-order valence-corrected chi connectivity index (χ2v) is 8.89. The van der Waals surface area contributed by atoms with Crippen LogP contribution in [0.1, 0.15) is 27.5 Å². The van der Waals surface area contributed by atoms with E-state index in [-0.39, 0.29) is 18.4 Å². The zero-order chi connectivity index (χ0) is 22.8. The largest absolute Gasteiger partial charge is 0.324 e. The molecule has 0 aromatic heterocycles. The lowest BCUT2D eigenvalue weighted by atomic mass is 9.95. The summed E-state index contributed by atoms with van der Waals surface area (Å²) in [5, 5.41) is 2.96. The highest BCUT2D eigenvalue weighted by molar-refractivity contribution is 9.10. The number of rotatable bonds is 3. The molecular formula is C28H21BrN2O2. The van der Waals surface area contributed by atoms with Crippen molar-refractivity contribution in [3.63, 3.8) is 0 Å². The minimum atomic E-state index is -0.404. The number of nitrogens with one attached hydrogen (secondary N) is 1. The number of amides is 2. The fraction of sp³-hybridized carbons (Fsp3) is 0.0714. The van der Waals surface area contributed by atoms with Crippen LogP contribution in [0.4, 0.5) is 5.69 Å². The first-order valence-electron chi connectivity index (χ1n) is 10.7. The molecule has 1 N–H and O–H groups in total. The number of carbonyl (C=O) groups is 2. The summed E-state index contributed by atoms with van der Waals surface area (Å²) in [7, 11) is 0. The average Bonchev–Trinajstić information content (AvgIpc) is 3.00. The quantitative estimate of drug-likeness (QED) is 0.361. The van der Waals surface area contributed by atoms with Crippen molar-refractivity contribution in [2.24, 2.45) is 0 Å². The Morgan fingerprint density at radius 2 is 1.45 bits per heavy atom. The van der Waals surface area contributed by atoms with Crippen LogP contribution in [-0.2, 0) is 4.79 Å². The number of anilines is 1. The van der Waals surface area contributed by atoms with Gasteiger partial charge in [0.1, 0.15) is 6.54 Å². The molecule has 0 radical (unpaired) electrons. The molecule has 1 aliphatic rings. The summed E-state index contributed by atoms with van der Waals surface area (Å²) >= 11 is 3.55. The van der Waals surface area contributed by atoms with Crippen molar-refractivity contribution in [2.75, 3.05) is 11.9 Å². The van der Waals surface area contributed by atoms with Crippen LogP contribution in [0.25, 0.3) is 11.1 Å². The van der Waals surface area contributed by atoms with Crippen molar-refractivity contribution in [3.8, 4) is 11.1 Å². The van der Waals surface area contributed by atoms with Gasteiger partial charge in [-0.2, -0.15) is 0 Å². The zero-order valence-corrected chi connectivity index (χ0v) is 19.3. The third-order valence-corrected chi connectivity index (χ3v) is 6.32. The number of hydrogen-bond acceptors (Lipinski definition) is 2. The van der Waals surface area contributed by atoms with Crippen LogP contribution in [0.15, 0.2) is 108 Å². The van der Waals surface area contributed by atoms with Crippen molar-refractivity contribution < 1.29 is 9.59 Å². The van der Waals surface area contributed by atoms with E-state index in [1.54, 1.807) is 4.90 Å². The van der Waals surface area contributed by atoms with Crippen LogP contribution >= 0.6 is 15.9 Å². The Kier molecular flexibility index (Phi) is 5.80. The maximum Gasteiger partial charge on any atom is 0.255 e. The third-order valence-electron chi connectivity index (χ3n) is 5.82. The van der Waals surface area contributed by atoms with E-state index < -0.39 is 6.04 Å². The number of hydrogen-bond donors (Lipinski definition) is 1. The summed E-state index contributed by atoms with van der Waals surface area (Å²) in [6, 6.07) is 32.7. The number of fused-ring (bicyclic) bond motifs is 1. The van der Waals surface area contributed by atoms with Crippen molar-refractivity contribution >= 4 is 33.4 Å². The molecule has 0 fully saturated rings. The molecule has 0 aliphatic carbocycles. The van der Waals surface area contributed by atoms with E-state index in [9.17, 15) is 9.59 Å². The molecule has 4 nitrogen and oxygen atoms in total. The monoisotopic (exact) mass is 496 g/mol. The molecule has 0 saturated carbocycles. The van der Waals surface area contributed by atoms with E-state index in [1.165, 1.54) is 0 Å².